The minimum absolute atomic E-state index is 0.100. The average Bonchev–Trinajstić information content (AvgIpc) is 2.98. The van der Waals surface area contributed by atoms with Crippen molar-refractivity contribution in [2.24, 2.45) is 0 Å². The van der Waals surface area contributed by atoms with E-state index in [-0.39, 0.29) is 11.9 Å². The standard InChI is InChI=1S/C16H21N3O2/c1-12(2)19-11-14(10-18-19)16(20)17-9-8-13-6-4-5-7-15(13)21-3/h4-7,10-12H,8-9H2,1-3H3,(H,17,20). The molecule has 0 aliphatic heterocycles. The highest BCUT2D eigenvalue weighted by molar-refractivity contribution is 5.93. The summed E-state index contributed by atoms with van der Waals surface area (Å²) in [4.78, 5) is 12.0. The van der Waals surface area contributed by atoms with Gasteiger partial charge in [0.2, 0.25) is 0 Å². The number of carbonyl (C=O) groups excluding carboxylic acids is 1. The van der Waals surface area contributed by atoms with Crippen molar-refractivity contribution in [1.82, 2.24) is 15.1 Å². The number of benzene rings is 1. The van der Waals surface area contributed by atoms with Crippen LogP contribution in [0.15, 0.2) is 36.7 Å². The summed E-state index contributed by atoms with van der Waals surface area (Å²) in [5.41, 5.74) is 1.67. The third-order valence-electron chi connectivity index (χ3n) is 3.27. The van der Waals surface area contributed by atoms with Crippen molar-refractivity contribution in [3.05, 3.63) is 47.8 Å². The van der Waals surface area contributed by atoms with Crippen molar-refractivity contribution in [1.29, 1.82) is 0 Å². The fraction of sp³-hybridized carbons (Fsp3) is 0.375. The highest BCUT2D eigenvalue weighted by Gasteiger charge is 2.10. The van der Waals surface area contributed by atoms with E-state index in [4.69, 9.17) is 4.74 Å². The predicted molar refractivity (Wildman–Crippen MR) is 81.6 cm³/mol. The molecular weight excluding hydrogens is 266 g/mol. The van der Waals surface area contributed by atoms with Gasteiger partial charge in [0, 0.05) is 18.8 Å². The molecule has 0 aliphatic rings. The quantitative estimate of drug-likeness (QED) is 0.888. The average molecular weight is 287 g/mol. The monoisotopic (exact) mass is 287 g/mol. The molecule has 0 unspecified atom stereocenters. The van der Waals surface area contributed by atoms with Crippen molar-refractivity contribution in [3.63, 3.8) is 0 Å². The molecule has 1 N–H and O–H groups in total. The van der Waals surface area contributed by atoms with Crippen LogP contribution in [-0.2, 0) is 6.42 Å². The Morgan fingerprint density at radius 2 is 2.14 bits per heavy atom. The van der Waals surface area contributed by atoms with Crippen LogP contribution in [-0.4, -0.2) is 29.3 Å². The van der Waals surface area contributed by atoms with Gasteiger partial charge in [-0.1, -0.05) is 18.2 Å². The number of para-hydroxylation sites is 1. The van der Waals surface area contributed by atoms with Crippen molar-refractivity contribution in [2.45, 2.75) is 26.3 Å². The largest absolute Gasteiger partial charge is 0.496 e. The first kappa shape index (κ1) is 15.1. The molecule has 21 heavy (non-hydrogen) atoms. The summed E-state index contributed by atoms with van der Waals surface area (Å²) >= 11 is 0. The second kappa shape index (κ2) is 6.92. The lowest BCUT2D eigenvalue weighted by atomic mass is 10.1. The summed E-state index contributed by atoms with van der Waals surface area (Å²) in [5.74, 6) is 0.746. The van der Waals surface area contributed by atoms with Gasteiger partial charge in [0.1, 0.15) is 5.75 Å². The smallest absolute Gasteiger partial charge is 0.254 e. The molecule has 0 aliphatic carbocycles. The first-order valence-corrected chi connectivity index (χ1v) is 7.06. The Labute approximate surface area is 124 Å². The van der Waals surface area contributed by atoms with Crippen LogP contribution in [0.3, 0.4) is 0 Å². The molecule has 0 saturated carbocycles. The molecule has 0 atom stereocenters. The molecule has 112 valence electrons. The zero-order chi connectivity index (χ0) is 15.2. The van der Waals surface area contributed by atoms with Crippen LogP contribution in [0.1, 0.15) is 35.8 Å². The Morgan fingerprint density at radius 3 is 2.81 bits per heavy atom. The van der Waals surface area contributed by atoms with E-state index in [9.17, 15) is 4.79 Å². The van der Waals surface area contributed by atoms with Gasteiger partial charge in [-0.15, -0.1) is 0 Å². The summed E-state index contributed by atoms with van der Waals surface area (Å²) in [6, 6.07) is 8.07. The van der Waals surface area contributed by atoms with E-state index in [2.05, 4.69) is 10.4 Å². The maximum absolute atomic E-state index is 12.0. The maximum atomic E-state index is 12.0. The lowest BCUT2D eigenvalue weighted by Crippen LogP contribution is -2.25. The van der Waals surface area contributed by atoms with Crippen LogP contribution < -0.4 is 10.1 Å². The highest BCUT2D eigenvalue weighted by atomic mass is 16.5. The van der Waals surface area contributed by atoms with E-state index < -0.39 is 0 Å². The lowest BCUT2D eigenvalue weighted by Gasteiger charge is -2.08. The van der Waals surface area contributed by atoms with Crippen molar-refractivity contribution in [2.75, 3.05) is 13.7 Å². The molecule has 1 amide bonds. The highest BCUT2D eigenvalue weighted by Crippen LogP contribution is 2.17. The first-order chi connectivity index (χ1) is 10.1. The minimum atomic E-state index is -0.100. The molecule has 1 aromatic carbocycles. The third kappa shape index (κ3) is 3.84. The molecule has 0 bridgehead atoms. The van der Waals surface area contributed by atoms with E-state index in [1.54, 1.807) is 24.2 Å². The molecule has 2 aromatic rings. The molecule has 0 spiro atoms. The van der Waals surface area contributed by atoms with Gasteiger partial charge in [-0.25, -0.2) is 0 Å². The molecule has 5 heteroatoms. The van der Waals surface area contributed by atoms with Crippen LogP contribution in [0, 0.1) is 0 Å². The normalized spacial score (nSPS) is 10.7. The Kier molecular flexibility index (Phi) is 4.98. The lowest BCUT2D eigenvalue weighted by molar-refractivity contribution is 0.0954. The molecule has 0 radical (unpaired) electrons. The Balaban J connectivity index is 1.89. The molecule has 2 rings (SSSR count). The van der Waals surface area contributed by atoms with Crippen LogP contribution in [0.2, 0.25) is 0 Å². The van der Waals surface area contributed by atoms with Gasteiger partial charge in [0.15, 0.2) is 0 Å². The second-order valence-corrected chi connectivity index (χ2v) is 5.12. The fourth-order valence-electron chi connectivity index (χ4n) is 2.06. The van der Waals surface area contributed by atoms with Gasteiger partial charge in [-0.3, -0.25) is 9.48 Å². The molecule has 0 fully saturated rings. The van der Waals surface area contributed by atoms with Crippen LogP contribution in [0.5, 0.6) is 5.75 Å². The zero-order valence-electron chi connectivity index (χ0n) is 12.7. The number of carbonyl (C=O) groups is 1. The van der Waals surface area contributed by atoms with Crippen LogP contribution in [0.4, 0.5) is 0 Å². The summed E-state index contributed by atoms with van der Waals surface area (Å²) in [6.45, 7) is 4.61. The van der Waals surface area contributed by atoms with Gasteiger partial charge in [-0.05, 0) is 31.9 Å². The van der Waals surface area contributed by atoms with Crippen LogP contribution >= 0.6 is 0 Å². The van der Waals surface area contributed by atoms with E-state index in [1.165, 1.54) is 0 Å². The number of hydrogen-bond acceptors (Lipinski definition) is 3. The number of rotatable bonds is 6. The Hall–Kier alpha value is -2.30. The number of nitrogens with zero attached hydrogens (tertiary/aromatic N) is 2. The predicted octanol–water partition coefficient (Wildman–Crippen LogP) is 2.45. The fourth-order valence-corrected chi connectivity index (χ4v) is 2.06. The SMILES string of the molecule is COc1ccccc1CCNC(=O)c1cnn(C(C)C)c1. The topological polar surface area (TPSA) is 56.1 Å². The molecule has 1 aromatic heterocycles. The summed E-state index contributed by atoms with van der Waals surface area (Å²) in [7, 11) is 1.65. The van der Waals surface area contributed by atoms with Gasteiger partial charge in [0.25, 0.3) is 5.91 Å². The number of ether oxygens (including phenoxy) is 1. The number of nitrogens with one attached hydrogen (secondary N) is 1. The molecule has 1 heterocycles. The molecular formula is C16H21N3O2. The summed E-state index contributed by atoms with van der Waals surface area (Å²) in [5, 5.41) is 7.07. The van der Waals surface area contributed by atoms with Gasteiger partial charge in [0.05, 0.1) is 18.9 Å². The van der Waals surface area contributed by atoms with Gasteiger partial charge >= 0.3 is 0 Å². The van der Waals surface area contributed by atoms with E-state index >= 15 is 0 Å². The first-order valence-electron chi connectivity index (χ1n) is 7.06. The van der Waals surface area contributed by atoms with Gasteiger partial charge < -0.3 is 10.1 Å². The number of hydrogen-bond donors (Lipinski definition) is 1. The van der Waals surface area contributed by atoms with E-state index in [1.807, 2.05) is 38.1 Å². The van der Waals surface area contributed by atoms with Crippen LogP contribution in [0.25, 0.3) is 0 Å². The Morgan fingerprint density at radius 1 is 1.38 bits per heavy atom. The molecule has 5 nitrogen and oxygen atoms in total. The van der Waals surface area contributed by atoms with Gasteiger partial charge in [-0.2, -0.15) is 5.10 Å². The minimum Gasteiger partial charge on any atom is -0.496 e. The van der Waals surface area contributed by atoms with Crippen molar-refractivity contribution >= 4 is 5.91 Å². The number of methoxy groups -OCH3 is 1. The third-order valence-corrected chi connectivity index (χ3v) is 3.27. The number of aromatic nitrogens is 2. The molecule has 0 saturated heterocycles. The summed E-state index contributed by atoms with van der Waals surface area (Å²) < 4.78 is 7.06. The maximum Gasteiger partial charge on any atom is 0.254 e. The summed E-state index contributed by atoms with van der Waals surface area (Å²) in [6.07, 6.45) is 4.09. The number of amides is 1. The van der Waals surface area contributed by atoms with Crippen molar-refractivity contribution < 1.29 is 9.53 Å². The van der Waals surface area contributed by atoms with E-state index in [0.29, 0.717) is 12.1 Å². The zero-order valence-corrected chi connectivity index (χ0v) is 12.7. The second-order valence-electron chi connectivity index (χ2n) is 5.12. The van der Waals surface area contributed by atoms with E-state index in [0.717, 1.165) is 17.7 Å². The van der Waals surface area contributed by atoms with Crippen molar-refractivity contribution in [3.8, 4) is 5.75 Å². The Bertz CT molecular complexity index is 605.